The van der Waals surface area contributed by atoms with Gasteiger partial charge >= 0.3 is 0 Å². The van der Waals surface area contributed by atoms with Crippen molar-refractivity contribution < 1.29 is 9.53 Å². The van der Waals surface area contributed by atoms with E-state index in [1.54, 1.807) is 7.11 Å². The van der Waals surface area contributed by atoms with Crippen LogP contribution in [0.4, 0.5) is 5.69 Å². The molecule has 0 fully saturated rings. The van der Waals surface area contributed by atoms with Crippen LogP contribution in [0.3, 0.4) is 0 Å². The molecule has 0 unspecified atom stereocenters. The highest BCUT2D eigenvalue weighted by Gasteiger charge is 2.23. The maximum absolute atomic E-state index is 12.1. The molecule has 0 N–H and O–H groups in total. The summed E-state index contributed by atoms with van der Waals surface area (Å²) in [6, 6.07) is 3.89. The maximum atomic E-state index is 12.1. The highest BCUT2D eigenvalue weighted by atomic mass is 16.5. The van der Waals surface area contributed by atoms with Gasteiger partial charge in [-0.2, -0.15) is 0 Å². The molecular formula is C13H17NO2. The van der Waals surface area contributed by atoms with E-state index in [0.29, 0.717) is 6.42 Å². The molecule has 3 heteroatoms. The average Bonchev–Trinajstić information content (AvgIpc) is 2.41. The molecule has 0 bridgehead atoms. The van der Waals surface area contributed by atoms with Crippen molar-refractivity contribution in [1.29, 1.82) is 0 Å². The van der Waals surface area contributed by atoms with Gasteiger partial charge < -0.3 is 9.64 Å². The molecule has 0 radical (unpaired) electrons. The first-order chi connectivity index (χ1) is 7.65. The summed E-state index contributed by atoms with van der Waals surface area (Å²) in [5.41, 5.74) is 2.82. The van der Waals surface area contributed by atoms with Gasteiger partial charge in [-0.1, -0.05) is 6.07 Å². The Kier molecular flexibility index (Phi) is 2.86. The van der Waals surface area contributed by atoms with Crippen LogP contribution in [0.5, 0.6) is 5.75 Å². The van der Waals surface area contributed by atoms with Gasteiger partial charge in [0, 0.05) is 25.6 Å². The van der Waals surface area contributed by atoms with E-state index in [2.05, 4.69) is 4.90 Å². The van der Waals surface area contributed by atoms with Gasteiger partial charge in [0.25, 0.3) is 0 Å². The largest absolute Gasteiger partial charge is 0.495 e. The van der Waals surface area contributed by atoms with Crippen LogP contribution >= 0.6 is 0 Å². The van der Waals surface area contributed by atoms with Crippen LogP contribution in [0.1, 0.15) is 28.8 Å². The fourth-order valence-electron chi connectivity index (χ4n) is 2.28. The molecule has 16 heavy (non-hydrogen) atoms. The summed E-state index contributed by atoms with van der Waals surface area (Å²) in [7, 11) is 3.66. The van der Waals surface area contributed by atoms with Gasteiger partial charge in [0.05, 0.1) is 12.8 Å². The second-order valence-electron chi connectivity index (χ2n) is 4.26. The lowest BCUT2D eigenvalue weighted by molar-refractivity contribution is 0.0983. The van der Waals surface area contributed by atoms with Crippen molar-refractivity contribution >= 4 is 11.5 Å². The van der Waals surface area contributed by atoms with Crippen LogP contribution < -0.4 is 9.64 Å². The van der Waals surface area contributed by atoms with Crippen molar-refractivity contribution in [2.45, 2.75) is 19.8 Å². The molecule has 86 valence electrons. The van der Waals surface area contributed by atoms with Crippen LogP contribution in [0.25, 0.3) is 0 Å². The Morgan fingerprint density at radius 3 is 2.81 bits per heavy atom. The Bertz CT molecular complexity index is 426. The lowest BCUT2D eigenvalue weighted by Crippen LogP contribution is -2.19. The van der Waals surface area contributed by atoms with Gasteiger partial charge in [0.1, 0.15) is 5.75 Å². The third kappa shape index (κ3) is 1.66. The zero-order chi connectivity index (χ0) is 11.7. The average molecular weight is 219 g/mol. The number of rotatable bonds is 1. The van der Waals surface area contributed by atoms with Gasteiger partial charge in [-0.25, -0.2) is 0 Å². The fourth-order valence-corrected chi connectivity index (χ4v) is 2.28. The van der Waals surface area contributed by atoms with E-state index in [1.165, 1.54) is 0 Å². The molecule has 0 amide bonds. The van der Waals surface area contributed by atoms with Crippen LogP contribution in [-0.4, -0.2) is 26.5 Å². The van der Waals surface area contributed by atoms with Gasteiger partial charge in [-0.3, -0.25) is 4.79 Å². The highest BCUT2D eigenvalue weighted by molar-refractivity contribution is 6.04. The van der Waals surface area contributed by atoms with Crippen LogP contribution in [0.2, 0.25) is 0 Å². The minimum Gasteiger partial charge on any atom is -0.495 e. The number of hydrogen-bond acceptors (Lipinski definition) is 3. The van der Waals surface area contributed by atoms with Crippen molar-refractivity contribution in [3.63, 3.8) is 0 Å². The first-order valence-electron chi connectivity index (χ1n) is 5.57. The fraction of sp³-hybridized carbons (Fsp3) is 0.462. The van der Waals surface area contributed by atoms with Crippen molar-refractivity contribution in [1.82, 2.24) is 0 Å². The van der Waals surface area contributed by atoms with Crippen molar-refractivity contribution in [2.75, 3.05) is 25.6 Å². The third-order valence-electron chi connectivity index (χ3n) is 3.13. The van der Waals surface area contributed by atoms with Gasteiger partial charge in [0.2, 0.25) is 0 Å². The number of carbonyl (C=O) groups is 1. The van der Waals surface area contributed by atoms with Crippen molar-refractivity contribution in [2.24, 2.45) is 0 Å². The number of benzene rings is 1. The van der Waals surface area contributed by atoms with Crippen molar-refractivity contribution in [3.8, 4) is 5.75 Å². The molecule has 1 aromatic rings. The standard InChI is InChI=1S/C13H17NO2/c1-9-6-7-11(16-3)13-12(9)10(15)5-4-8-14(13)2/h6-7H,4-5,8H2,1-3H3. The van der Waals surface area contributed by atoms with Crippen molar-refractivity contribution in [3.05, 3.63) is 23.3 Å². The predicted molar refractivity (Wildman–Crippen MR) is 64.6 cm³/mol. The van der Waals surface area contributed by atoms with Gasteiger partial charge in [-0.15, -0.1) is 0 Å². The van der Waals surface area contributed by atoms with Crippen LogP contribution in [0, 0.1) is 6.92 Å². The number of aryl methyl sites for hydroxylation is 1. The number of fused-ring (bicyclic) bond motifs is 1. The smallest absolute Gasteiger partial charge is 0.165 e. The monoisotopic (exact) mass is 219 g/mol. The molecule has 0 atom stereocenters. The number of ketones is 1. The zero-order valence-electron chi connectivity index (χ0n) is 10.0. The number of nitrogens with zero attached hydrogens (tertiary/aromatic N) is 1. The summed E-state index contributed by atoms with van der Waals surface area (Å²) < 4.78 is 5.35. The summed E-state index contributed by atoms with van der Waals surface area (Å²) in [6.07, 6.45) is 1.54. The molecule has 3 nitrogen and oxygen atoms in total. The highest BCUT2D eigenvalue weighted by Crippen LogP contribution is 2.36. The van der Waals surface area contributed by atoms with Gasteiger partial charge in [0.15, 0.2) is 5.78 Å². The molecule has 2 rings (SSSR count). The molecule has 0 saturated carbocycles. The first kappa shape index (κ1) is 11.0. The molecule has 1 aliphatic heterocycles. The molecule has 0 saturated heterocycles. The van der Waals surface area contributed by atoms with Crippen LogP contribution in [0.15, 0.2) is 12.1 Å². The van der Waals surface area contributed by atoms with E-state index >= 15 is 0 Å². The normalized spacial score (nSPS) is 15.7. The van der Waals surface area contributed by atoms with E-state index in [4.69, 9.17) is 4.74 Å². The quantitative estimate of drug-likeness (QED) is 0.726. The lowest BCUT2D eigenvalue weighted by Gasteiger charge is -2.22. The topological polar surface area (TPSA) is 29.5 Å². The van der Waals surface area contributed by atoms with E-state index in [-0.39, 0.29) is 5.78 Å². The zero-order valence-corrected chi connectivity index (χ0v) is 10.0. The van der Waals surface area contributed by atoms with E-state index in [0.717, 1.165) is 35.5 Å². The molecule has 1 heterocycles. The van der Waals surface area contributed by atoms with E-state index in [1.807, 2.05) is 26.1 Å². The Labute approximate surface area is 96.0 Å². The lowest BCUT2D eigenvalue weighted by atomic mass is 10.00. The van der Waals surface area contributed by atoms with Gasteiger partial charge in [-0.05, 0) is 25.0 Å². The minimum atomic E-state index is 0.232. The Balaban J connectivity index is 2.67. The van der Waals surface area contributed by atoms with E-state index in [9.17, 15) is 4.79 Å². The molecule has 0 aliphatic carbocycles. The number of Topliss-reactive ketones (excluding diaryl/α,β-unsaturated/α-hetero) is 1. The third-order valence-corrected chi connectivity index (χ3v) is 3.13. The molecule has 1 aromatic carbocycles. The number of anilines is 1. The SMILES string of the molecule is COc1ccc(C)c2c1N(C)CCCC2=O. The maximum Gasteiger partial charge on any atom is 0.165 e. The summed E-state index contributed by atoms with van der Waals surface area (Å²) >= 11 is 0. The number of methoxy groups -OCH3 is 1. The second-order valence-corrected chi connectivity index (χ2v) is 4.26. The molecule has 0 spiro atoms. The number of carbonyl (C=O) groups excluding carboxylic acids is 1. The Hall–Kier alpha value is -1.51. The number of hydrogen-bond donors (Lipinski definition) is 0. The molecule has 1 aliphatic rings. The summed E-state index contributed by atoms with van der Waals surface area (Å²) in [6.45, 7) is 2.88. The van der Waals surface area contributed by atoms with Crippen LogP contribution in [-0.2, 0) is 0 Å². The summed E-state index contributed by atoms with van der Waals surface area (Å²) in [5.74, 6) is 1.02. The van der Waals surface area contributed by atoms with E-state index < -0.39 is 0 Å². The first-order valence-corrected chi connectivity index (χ1v) is 5.57. The molecule has 0 aromatic heterocycles. The Morgan fingerprint density at radius 1 is 1.38 bits per heavy atom. The second kappa shape index (κ2) is 4.16. The predicted octanol–water partition coefficient (Wildman–Crippen LogP) is 2.42. The minimum absolute atomic E-state index is 0.232. The number of ether oxygens (including phenoxy) is 1. The Morgan fingerprint density at radius 2 is 2.12 bits per heavy atom. The summed E-state index contributed by atoms with van der Waals surface area (Å²) in [4.78, 5) is 14.2. The summed E-state index contributed by atoms with van der Waals surface area (Å²) in [5, 5.41) is 0. The molecular weight excluding hydrogens is 202 g/mol.